The molecule has 0 radical (unpaired) electrons. The zero-order chi connectivity index (χ0) is 10.1. The molecule has 0 aromatic carbocycles. The number of esters is 1. The van der Waals surface area contributed by atoms with E-state index in [-0.39, 0.29) is 12.8 Å². The molecule has 74 valence electrons. The zero-order valence-electron chi connectivity index (χ0n) is 7.23. The monoisotopic (exact) mass is 189 g/mol. The maximum atomic E-state index is 10.9. The molecule has 1 fully saturated rings. The Morgan fingerprint density at radius 1 is 1.77 bits per heavy atom. The third kappa shape index (κ3) is 1.49. The Labute approximate surface area is 74.6 Å². The summed E-state index contributed by atoms with van der Waals surface area (Å²) in [6.45, 7) is -0.520. The number of carbonyl (C=O) groups is 1. The van der Waals surface area contributed by atoms with E-state index >= 15 is 0 Å². The highest BCUT2D eigenvalue weighted by Gasteiger charge is 2.57. The lowest BCUT2D eigenvalue weighted by Crippen LogP contribution is -2.55. The fourth-order valence-electron chi connectivity index (χ4n) is 1.53. The summed E-state index contributed by atoms with van der Waals surface area (Å²) in [6, 6.07) is 0. The van der Waals surface area contributed by atoms with E-state index in [4.69, 9.17) is 5.11 Å². The van der Waals surface area contributed by atoms with Crippen molar-refractivity contribution in [1.29, 1.82) is 0 Å². The number of nitrogens with zero attached hydrogens (tertiary/aromatic N) is 1. The molecule has 0 atom stereocenters. The number of aliphatic hydroxyl groups is 1. The van der Waals surface area contributed by atoms with Crippen LogP contribution in [-0.2, 0) is 9.53 Å². The molecule has 6 nitrogen and oxygen atoms in total. The molecule has 1 aliphatic carbocycles. The van der Waals surface area contributed by atoms with Crippen molar-refractivity contribution in [2.75, 3.05) is 13.7 Å². The Hall–Kier alpha value is -1.17. The van der Waals surface area contributed by atoms with Crippen LogP contribution >= 0.6 is 0 Å². The highest BCUT2D eigenvalue weighted by molar-refractivity contribution is 5.73. The van der Waals surface area contributed by atoms with Gasteiger partial charge < -0.3 is 9.84 Å². The number of carbonyl (C=O) groups excluding carboxylic acids is 1. The van der Waals surface area contributed by atoms with Gasteiger partial charge in [0.2, 0.25) is 5.54 Å². The minimum Gasteiger partial charge on any atom is -0.469 e. The summed E-state index contributed by atoms with van der Waals surface area (Å²) in [4.78, 5) is 20.9. The quantitative estimate of drug-likeness (QED) is 0.370. The molecule has 13 heavy (non-hydrogen) atoms. The van der Waals surface area contributed by atoms with Crippen LogP contribution in [0.3, 0.4) is 0 Å². The molecule has 0 saturated heterocycles. The predicted molar refractivity (Wildman–Crippen MR) is 41.6 cm³/mol. The number of ether oxygens (including phenoxy) is 1. The van der Waals surface area contributed by atoms with Crippen LogP contribution in [0.15, 0.2) is 0 Å². The van der Waals surface area contributed by atoms with Crippen molar-refractivity contribution < 1.29 is 19.6 Å². The molecule has 0 unspecified atom stereocenters. The summed E-state index contributed by atoms with van der Waals surface area (Å²) in [7, 11) is 1.24. The summed E-state index contributed by atoms with van der Waals surface area (Å²) < 4.78 is 4.43. The Balaban J connectivity index is 2.54. The van der Waals surface area contributed by atoms with Crippen molar-refractivity contribution in [2.24, 2.45) is 5.92 Å². The average molecular weight is 189 g/mol. The van der Waals surface area contributed by atoms with Crippen LogP contribution in [0.4, 0.5) is 0 Å². The highest BCUT2D eigenvalue weighted by Crippen LogP contribution is 2.40. The number of rotatable bonds is 3. The third-order valence-corrected chi connectivity index (χ3v) is 2.47. The molecule has 0 bridgehead atoms. The molecule has 1 aliphatic rings. The van der Waals surface area contributed by atoms with Gasteiger partial charge in [-0.3, -0.25) is 14.9 Å². The van der Waals surface area contributed by atoms with Gasteiger partial charge in [-0.25, -0.2) is 0 Å². The summed E-state index contributed by atoms with van der Waals surface area (Å²) in [6.07, 6.45) is 0.145. The lowest BCUT2D eigenvalue weighted by atomic mass is 9.69. The molecule has 0 aromatic heterocycles. The number of hydrogen-bond acceptors (Lipinski definition) is 5. The summed E-state index contributed by atoms with van der Waals surface area (Å²) in [5, 5.41) is 19.3. The van der Waals surface area contributed by atoms with Gasteiger partial charge in [-0.2, -0.15) is 0 Å². The Kier molecular flexibility index (Phi) is 2.51. The Bertz CT molecular complexity index is 233. The average Bonchev–Trinajstić information content (AvgIpc) is 2.02. The molecule has 0 heterocycles. The van der Waals surface area contributed by atoms with Crippen LogP contribution in [0, 0.1) is 16.0 Å². The molecule has 1 N–H and O–H groups in total. The van der Waals surface area contributed by atoms with Gasteiger partial charge in [0.15, 0.2) is 0 Å². The smallest absolute Gasteiger partial charge is 0.309 e. The maximum Gasteiger partial charge on any atom is 0.309 e. The second-order valence-electron chi connectivity index (χ2n) is 3.27. The van der Waals surface area contributed by atoms with Gasteiger partial charge in [0.1, 0.15) is 6.61 Å². The first kappa shape index (κ1) is 9.91. The summed E-state index contributed by atoms with van der Waals surface area (Å²) in [5.41, 5.74) is -1.31. The summed E-state index contributed by atoms with van der Waals surface area (Å²) >= 11 is 0. The highest BCUT2D eigenvalue weighted by atomic mass is 16.6. The van der Waals surface area contributed by atoms with E-state index in [1.54, 1.807) is 0 Å². The lowest BCUT2D eigenvalue weighted by Gasteiger charge is -2.36. The first-order valence-electron chi connectivity index (χ1n) is 3.89. The predicted octanol–water partition coefficient (Wildman–Crippen LogP) is -0.423. The minimum absolute atomic E-state index is 0.0726. The van der Waals surface area contributed by atoms with E-state index in [9.17, 15) is 14.9 Å². The first-order chi connectivity index (χ1) is 6.05. The largest absolute Gasteiger partial charge is 0.469 e. The van der Waals surface area contributed by atoms with Gasteiger partial charge in [0, 0.05) is 17.8 Å². The molecular weight excluding hydrogens is 178 g/mol. The van der Waals surface area contributed by atoms with Gasteiger partial charge in [0.05, 0.1) is 13.0 Å². The SMILES string of the molecule is COC(=O)C1CC(CO)([N+](=O)[O-])C1. The third-order valence-electron chi connectivity index (χ3n) is 2.47. The van der Waals surface area contributed by atoms with Crippen LogP contribution in [0.25, 0.3) is 0 Å². The van der Waals surface area contributed by atoms with Crippen molar-refractivity contribution in [3.05, 3.63) is 10.1 Å². The standard InChI is InChI=1S/C7H11NO5/c1-13-6(10)5-2-7(3-5,4-9)8(11)12/h5,9H,2-4H2,1H3. The van der Waals surface area contributed by atoms with E-state index in [1.807, 2.05) is 0 Å². The second kappa shape index (κ2) is 3.29. The van der Waals surface area contributed by atoms with Gasteiger partial charge in [-0.15, -0.1) is 0 Å². The maximum absolute atomic E-state index is 10.9. The number of hydrogen-bond donors (Lipinski definition) is 1. The van der Waals surface area contributed by atoms with E-state index in [2.05, 4.69) is 4.74 Å². The van der Waals surface area contributed by atoms with Crippen molar-refractivity contribution in [3.63, 3.8) is 0 Å². The number of nitro groups is 1. The van der Waals surface area contributed by atoms with Crippen molar-refractivity contribution in [3.8, 4) is 0 Å². The van der Waals surface area contributed by atoms with Crippen LogP contribution < -0.4 is 0 Å². The molecular formula is C7H11NO5. The summed E-state index contributed by atoms with van der Waals surface area (Å²) in [5.74, 6) is -0.867. The van der Waals surface area contributed by atoms with Gasteiger partial charge in [0.25, 0.3) is 0 Å². The molecule has 6 heteroatoms. The molecule has 0 aliphatic heterocycles. The molecule has 0 spiro atoms. The second-order valence-corrected chi connectivity index (χ2v) is 3.27. The molecule has 1 saturated carbocycles. The molecule has 0 amide bonds. The molecule has 0 aromatic rings. The van der Waals surface area contributed by atoms with E-state index in [0.29, 0.717) is 0 Å². The normalized spacial score (nSPS) is 32.0. The van der Waals surface area contributed by atoms with E-state index in [0.717, 1.165) is 0 Å². The Morgan fingerprint density at radius 2 is 2.31 bits per heavy atom. The van der Waals surface area contributed by atoms with Gasteiger partial charge >= 0.3 is 5.97 Å². The number of aliphatic hydroxyl groups excluding tert-OH is 1. The van der Waals surface area contributed by atoms with E-state index in [1.165, 1.54) is 7.11 Å². The van der Waals surface area contributed by atoms with E-state index < -0.39 is 29.0 Å². The zero-order valence-corrected chi connectivity index (χ0v) is 7.23. The molecule has 1 rings (SSSR count). The van der Waals surface area contributed by atoms with Crippen molar-refractivity contribution in [1.82, 2.24) is 0 Å². The fourth-order valence-corrected chi connectivity index (χ4v) is 1.53. The topological polar surface area (TPSA) is 89.7 Å². The van der Waals surface area contributed by atoms with Crippen LogP contribution in [0.2, 0.25) is 0 Å². The minimum atomic E-state index is -1.31. The van der Waals surface area contributed by atoms with Crippen LogP contribution in [0.5, 0.6) is 0 Å². The van der Waals surface area contributed by atoms with Gasteiger partial charge in [-0.1, -0.05) is 0 Å². The van der Waals surface area contributed by atoms with Crippen LogP contribution in [-0.4, -0.2) is 35.3 Å². The Morgan fingerprint density at radius 3 is 2.62 bits per heavy atom. The lowest BCUT2D eigenvalue weighted by molar-refractivity contribution is -0.593. The van der Waals surface area contributed by atoms with Crippen molar-refractivity contribution >= 4 is 5.97 Å². The van der Waals surface area contributed by atoms with Gasteiger partial charge in [-0.05, 0) is 0 Å². The van der Waals surface area contributed by atoms with Crippen LogP contribution in [0.1, 0.15) is 12.8 Å². The van der Waals surface area contributed by atoms with Crippen molar-refractivity contribution in [2.45, 2.75) is 18.4 Å². The number of methoxy groups -OCH3 is 1. The first-order valence-corrected chi connectivity index (χ1v) is 3.89. The fraction of sp³-hybridized carbons (Fsp3) is 0.857.